The van der Waals surface area contributed by atoms with Crippen LogP contribution in [0.5, 0.6) is 5.75 Å². The summed E-state index contributed by atoms with van der Waals surface area (Å²) in [7, 11) is 1.28. The van der Waals surface area contributed by atoms with Gasteiger partial charge in [0.15, 0.2) is 6.61 Å². The lowest BCUT2D eigenvalue weighted by atomic mass is 10.2. The monoisotopic (exact) mass is 320 g/mol. The van der Waals surface area contributed by atoms with Crippen molar-refractivity contribution in [3.63, 3.8) is 0 Å². The standard InChI is InChI=1S/C15H13ClN2O4/c1-21-14(19)9-22-12-4-2-3-11(8-12)18-15(20)13-7-10(16)5-6-17-13/h2-8H,9H2,1H3,(H,18,20). The third-order valence-corrected chi connectivity index (χ3v) is 2.87. The topological polar surface area (TPSA) is 77.5 Å². The summed E-state index contributed by atoms with van der Waals surface area (Å²) >= 11 is 5.82. The van der Waals surface area contributed by atoms with Crippen molar-refractivity contribution in [3.8, 4) is 5.75 Å². The third-order valence-electron chi connectivity index (χ3n) is 2.63. The average molecular weight is 321 g/mol. The molecule has 0 spiro atoms. The number of carbonyl (C=O) groups is 2. The zero-order valence-electron chi connectivity index (χ0n) is 11.7. The number of anilines is 1. The van der Waals surface area contributed by atoms with Gasteiger partial charge in [-0.1, -0.05) is 17.7 Å². The highest BCUT2D eigenvalue weighted by molar-refractivity contribution is 6.30. The van der Waals surface area contributed by atoms with Crippen LogP contribution in [0.3, 0.4) is 0 Å². The lowest BCUT2D eigenvalue weighted by Crippen LogP contribution is -2.14. The predicted molar refractivity (Wildman–Crippen MR) is 81.2 cm³/mol. The molecule has 0 radical (unpaired) electrons. The Balaban J connectivity index is 2.03. The van der Waals surface area contributed by atoms with Gasteiger partial charge in [-0.15, -0.1) is 0 Å². The summed E-state index contributed by atoms with van der Waals surface area (Å²) in [6, 6.07) is 9.68. The molecule has 0 saturated heterocycles. The van der Waals surface area contributed by atoms with Gasteiger partial charge in [0.25, 0.3) is 5.91 Å². The van der Waals surface area contributed by atoms with Crippen molar-refractivity contribution in [3.05, 3.63) is 53.3 Å². The first-order valence-corrected chi connectivity index (χ1v) is 6.69. The third kappa shape index (κ3) is 4.46. The smallest absolute Gasteiger partial charge is 0.343 e. The number of aromatic nitrogens is 1. The molecule has 1 aromatic heterocycles. The molecule has 0 unspecified atom stereocenters. The highest BCUT2D eigenvalue weighted by Gasteiger charge is 2.09. The van der Waals surface area contributed by atoms with E-state index in [2.05, 4.69) is 15.0 Å². The number of halogens is 1. The van der Waals surface area contributed by atoms with E-state index in [0.717, 1.165) is 0 Å². The number of rotatable bonds is 5. The molecule has 114 valence electrons. The maximum absolute atomic E-state index is 12.0. The Labute approximate surface area is 132 Å². The summed E-state index contributed by atoms with van der Waals surface area (Å²) in [4.78, 5) is 27.0. The summed E-state index contributed by atoms with van der Waals surface area (Å²) in [6.07, 6.45) is 1.45. The Morgan fingerprint density at radius 3 is 2.82 bits per heavy atom. The molecule has 6 nitrogen and oxygen atoms in total. The SMILES string of the molecule is COC(=O)COc1cccc(NC(=O)c2cc(Cl)ccn2)c1. The van der Waals surface area contributed by atoms with Gasteiger partial charge in [0, 0.05) is 23.0 Å². The number of esters is 1. The van der Waals surface area contributed by atoms with E-state index < -0.39 is 11.9 Å². The maximum Gasteiger partial charge on any atom is 0.343 e. The second kappa shape index (κ2) is 7.42. The van der Waals surface area contributed by atoms with Crippen molar-refractivity contribution in [1.29, 1.82) is 0 Å². The van der Waals surface area contributed by atoms with E-state index in [1.807, 2.05) is 0 Å². The maximum atomic E-state index is 12.0. The minimum Gasteiger partial charge on any atom is -0.482 e. The van der Waals surface area contributed by atoms with Crippen molar-refractivity contribution < 1.29 is 19.1 Å². The number of benzene rings is 1. The van der Waals surface area contributed by atoms with Crippen LogP contribution >= 0.6 is 11.6 Å². The van der Waals surface area contributed by atoms with E-state index in [1.165, 1.54) is 19.4 Å². The molecule has 0 fully saturated rings. The molecular weight excluding hydrogens is 308 g/mol. The van der Waals surface area contributed by atoms with E-state index in [-0.39, 0.29) is 12.3 Å². The Kier molecular flexibility index (Phi) is 5.32. The van der Waals surface area contributed by atoms with Crippen LogP contribution in [0, 0.1) is 0 Å². The Hall–Kier alpha value is -2.60. The van der Waals surface area contributed by atoms with Gasteiger partial charge in [0.1, 0.15) is 11.4 Å². The molecule has 22 heavy (non-hydrogen) atoms. The molecule has 0 saturated carbocycles. The number of methoxy groups -OCH3 is 1. The highest BCUT2D eigenvalue weighted by Crippen LogP contribution is 2.18. The minimum absolute atomic E-state index is 0.202. The number of nitrogens with zero attached hydrogens (tertiary/aromatic N) is 1. The van der Waals surface area contributed by atoms with E-state index in [4.69, 9.17) is 16.3 Å². The molecule has 0 aliphatic heterocycles. The van der Waals surface area contributed by atoms with Gasteiger partial charge in [0.05, 0.1) is 7.11 Å². The summed E-state index contributed by atoms with van der Waals surface area (Å²) in [5, 5.41) is 3.10. The van der Waals surface area contributed by atoms with E-state index in [9.17, 15) is 9.59 Å². The van der Waals surface area contributed by atoms with E-state index in [1.54, 1.807) is 30.3 Å². The zero-order valence-corrected chi connectivity index (χ0v) is 12.5. The molecule has 0 aliphatic carbocycles. The number of ether oxygens (including phenoxy) is 2. The van der Waals surface area contributed by atoms with Crippen LogP contribution in [-0.4, -0.2) is 30.6 Å². The number of hydrogen-bond acceptors (Lipinski definition) is 5. The second-order valence-electron chi connectivity index (χ2n) is 4.21. The van der Waals surface area contributed by atoms with Gasteiger partial charge in [0.2, 0.25) is 0 Å². The first-order valence-electron chi connectivity index (χ1n) is 6.31. The van der Waals surface area contributed by atoms with Crippen molar-refractivity contribution in [2.45, 2.75) is 0 Å². The average Bonchev–Trinajstić information content (AvgIpc) is 2.53. The quantitative estimate of drug-likeness (QED) is 0.857. The van der Waals surface area contributed by atoms with Gasteiger partial charge in [-0.3, -0.25) is 9.78 Å². The van der Waals surface area contributed by atoms with Crippen molar-refractivity contribution >= 4 is 29.2 Å². The van der Waals surface area contributed by atoms with Crippen LogP contribution in [-0.2, 0) is 9.53 Å². The largest absolute Gasteiger partial charge is 0.482 e. The summed E-state index contributed by atoms with van der Waals surface area (Å²) in [5.41, 5.74) is 0.711. The van der Waals surface area contributed by atoms with E-state index in [0.29, 0.717) is 16.5 Å². The first-order chi connectivity index (χ1) is 10.6. The summed E-state index contributed by atoms with van der Waals surface area (Å²) in [5.74, 6) is -0.451. The lowest BCUT2D eigenvalue weighted by molar-refractivity contribution is -0.142. The van der Waals surface area contributed by atoms with Gasteiger partial charge < -0.3 is 14.8 Å². The molecule has 1 aromatic carbocycles. The molecule has 7 heteroatoms. The molecule has 1 heterocycles. The Morgan fingerprint density at radius 1 is 1.27 bits per heavy atom. The Bertz CT molecular complexity index is 691. The number of hydrogen-bond donors (Lipinski definition) is 1. The minimum atomic E-state index is -0.488. The normalized spacial score (nSPS) is 9.91. The highest BCUT2D eigenvalue weighted by atomic mass is 35.5. The fourth-order valence-electron chi connectivity index (χ4n) is 1.59. The van der Waals surface area contributed by atoms with Crippen LogP contribution in [0.2, 0.25) is 5.02 Å². The molecule has 1 N–H and O–H groups in total. The van der Waals surface area contributed by atoms with Gasteiger partial charge in [-0.05, 0) is 24.3 Å². The molecule has 0 aliphatic rings. The van der Waals surface area contributed by atoms with Crippen LogP contribution in [0.15, 0.2) is 42.6 Å². The number of nitrogens with one attached hydrogen (secondary N) is 1. The van der Waals surface area contributed by atoms with Crippen molar-refractivity contribution in [2.75, 3.05) is 19.0 Å². The van der Waals surface area contributed by atoms with Crippen molar-refractivity contribution in [1.82, 2.24) is 4.98 Å². The van der Waals surface area contributed by atoms with Crippen molar-refractivity contribution in [2.24, 2.45) is 0 Å². The van der Waals surface area contributed by atoms with Gasteiger partial charge in [-0.25, -0.2) is 4.79 Å². The van der Waals surface area contributed by atoms with Crippen LogP contribution in [0.1, 0.15) is 10.5 Å². The molecule has 0 atom stereocenters. The van der Waals surface area contributed by atoms with Gasteiger partial charge >= 0.3 is 5.97 Å². The molecule has 2 aromatic rings. The summed E-state index contributed by atoms with van der Waals surface area (Å²) < 4.78 is 9.72. The molecule has 0 bridgehead atoms. The van der Waals surface area contributed by atoms with Crippen LogP contribution in [0.4, 0.5) is 5.69 Å². The predicted octanol–water partition coefficient (Wildman–Crippen LogP) is 2.54. The van der Waals surface area contributed by atoms with Crippen LogP contribution < -0.4 is 10.1 Å². The number of pyridine rings is 1. The number of carbonyl (C=O) groups excluding carboxylic acids is 2. The molecule has 1 amide bonds. The number of amides is 1. The van der Waals surface area contributed by atoms with E-state index >= 15 is 0 Å². The lowest BCUT2D eigenvalue weighted by Gasteiger charge is -2.08. The second-order valence-corrected chi connectivity index (χ2v) is 4.64. The summed E-state index contributed by atoms with van der Waals surface area (Å²) in [6.45, 7) is -0.205. The zero-order chi connectivity index (χ0) is 15.9. The Morgan fingerprint density at radius 2 is 2.09 bits per heavy atom. The molecular formula is C15H13ClN2O4. The molecule has 2 rings (SSSR count). The van der Waals surface area contributed by atoms with Crippen LogP contribution in [0.25, 0.3) is 0 Å². The fraction of sp³-hybridized carbons (Fsp3) is 0.133. The fourth-order valence-corrected chi connectivity index (χ4v) is 1.75. The first kappa shape index (κ1) is 15.8. The van der Waals surface area contributed by atoms with Gasteiger partial charge in [-0.2, -0.15) is 0 Å².